The highest BCUT2D eigenvalue weighted by Crippen LogP contribution is 2.15. The van der Waals surface area contributed by atoms with E-state index in [-0.39, 0.29) is 5.91 Å². The van der Waals surface area contributed by atoms with Crippen molar-refractivity contribution < 1.29 is 4.79 Å². The average Bonchev–Trinajstić information content (AvgIpc) is 2.48. The van der Waals surface area contributed by atoms with Crippen LogP contribution in [-0.4, -0.2) is 48.0 Å². The van der Waals surface area contributed by atoms with Gasteiger partial charge in [0.05, 0.1) is 0 Å². The van der Waals surface area contributed by atoms with Crippen molar-refractivity contribution in [1.82, 2.24) is 14.9 Å². The SMILES string of the molecule is Cc1nc(NCCN(C)C)cc(C(=O)Nc2ccc(Cl)cc2)n1. The van der Waals surface area contributed by atoms with Crippen LogP contribution in [0, 0.1) is 6.92 Å². The largest absolute Gasteiger partial charge is 0.369 e. The van der Waals surface area contributed by atoms with Crippen LogP contribution in [0.1, 0.15) is 16.3 Å². The number of anilines is 2. The topological polar surface area (TPSA) is 70.2 Å². The fraction of sp³-hybridized carbons (Fsp3) is 0.312. The summed E-state index contributed by atoms with van der Waals surface area (Å²) in [5.74, 6) is 0.898. The zero-order valence-electron chi connectivity index (χ0n) is 13.4. The lowest BCUT2D eigenvalue weighted by Crippen LogP contribution is -2.22. The highest BCUT2D eigenvalue weighted by molar-refractivity contribution is 6.30. The molecular weight excluding hydrogens is 314 g/mol. The number of benzene rings is 1. The van der Waals surface area contributed by atoms with Crippen LogP contribution in [0.3, 0.4) is 0 Å². The number of carbonyl (C=O) groups is 1. The van der Waals surface area contributed by atoms with E-state index in [1.807, 2.05) is 14.1 Å². The first-order valence-electron chi connectivity index (χ1n) is 7.25. The van der Waals surface area contributed by atoms with Gasteiger partial charge in [-0.15, -0.1) is 0 Å². The summed E-state index contributed by atoms with van der Waals surface area (Å²) >= 11 is 5.83. The van der Waals surface area contributed by atoms with Crippen molar-refractivity contribution in [3.8, 4) is 0 Å². The fourth-order valence-electron chi connectivity index (χ4n) is 1.91. The minimum atomic E-state index is -0.284. The van der Waals surface area contributed by atoms with E-state index in [4.69, 9.17) is 11.6 Å². The van der Waals surface area contributed by atoms with Crippen LogP contribution in [0.25, 0.3) is 0 Å². The number of aryl methyl sites for hydroxylation is 1. The molecule has 0 aliphatic heterocycles. The summed E-state index contributed by atoms with van der Waals surface area (Å²) in [6.45, 7) is 3.37. The van der Waals surface area contributed by atoms with Crippen LogP contribution >= 0.6 is 11.6 Å². The van der Waals surface area contributed by atoms with Crippen molar-refractivity contribution in [3.63, 3.8) is 0 Å². The quantitative estimate of drug-likeness (QED) is 0.850. The highest BCUT2D eigenvalue weighted by Gasteiger charge is 2.11. The van der Waals surface area contributed by atoms with E-state index < -0.39 is 0 Å². The van der Waals surface area contributed by atoms with Gasteiger partial charge in [0.25, 0.3) is 5.91 Å². The summed E-state index contributed by atoms with van der Waals surface area (Å²) in [4.78, 5) is 22.9. The third kappa shape index (κ3) is 5.50. The summed E-state index contributed by atoms with van der Waals surface area (Å²) < 4.78 is 0. The molecule has 1 aromatic carbocycles. The lowest BCUT2D eigenvalue weighted by atomic mass is 10.3. The van der Waals surface area contributed by atoms with E-state index in [2.05, 4.69) is 25.5 Å². The molecule has 1 heterocycles. The van der Waals surface area contributed by atoms with E-state index in [0.717, 1.165) is 13.1 Å². The number of hydrogen-bond acceptors (Lipinski definition) is 5. The van der Waals surface area contributed by atoms with Crippen LogP contribution in [0.2, 0.25) is 5.02 Å². The summed E-state index contributed by atoms with van der Waals surface area (Å²) in [6, 6.07) is 8.57. The molecule has 0 aliphatic rings. The lowest BCUT2D eigenvalue weighted by Gasteiger charge is -2.12. The first-order valence-corrected chi connectivity index (χ1v) is 7.63. The average molecular weight is 334 g/mol. The normalized spacial score (nSPS) is 10.7. The smallest absolute Gasteiger partial charge is 0.274 e. The highest BCUT2D eigenvalue weighted by atomic mass is 35.5. The van der Waals surface area contributed by atoms with Gasteiger partial charge in [-0.05, 0) is 45.3 Å². The van der Waals surface area contributed by atoms with Crippen LogP contribution in [0.5, 0.6) is 0 Å². The second-order valence-electron chi connectivity index (χ2n) is 5.38. The molecule has 6 nitrogen and oxygen atoms in total. The fourth-order valence-corrected chi connectivity index (χ4v) is 2.04. The summed E-state index contributed by atoms with van der Waals surface area (Å²) in [6.07, 6.45) is 0. The van der Waals surface area contributed by atoms with Crippen molar-refractivity contribution >= 4 is 29.0 Å². The zero-order valence-corrected chi connectivity index (χ0v) is 14.2. The molecule has 2 N–H and O–H groups in total. The first kappa shape index (κ1) is 17.2. The van der Waals surface area contributed by atoms with Gasteiger partial charge in [0, 0.05) is 29.9 Å². The summed E-state index contributed by atoms with van der Waals surface area (Å²) in [5.41, 5.74) is 0.984. The number of nitrogens with one attached hydrogen (secondary N) is 2. The maximum Gasteiger partial charge on any atom is 0.274 e. The molecule has 7 heteroatoms. The number of rotatable bonds is 6. The third-order valence-corrected chi connectivity index (χ3v) is 3.29. The molecule has 2 rings (SSSR count). The van der Waals surface area contributed by atoms with Crippen LogP contribution in [0.4, 0.5) is 11.5 Å². The summed E-state index contributed by atoms with van der Waals surface area (Å²) in [7, 11) is 4.00. The number of carbonyl (C=O) groups excluding carboxylic acids is 1. The Kier molecular flexibility index (Phi) is 5.90. The van der Waals surface area contributed by atoms with Gasteiger partial charge in [0.1, 0.15) is 17.3 Å². The molecular formula is C16H20ClN5O. The van der Waals surface area contributed by atoms with E-state index in [9.17, 15) is 4.79 Å². The number of amides is 1. The van der Waals surface area contributed by atoms with Crippen molar-refractivity contribution in [2.24, 2.45) is 0 Å². The molecule has 0 saturated carbocycles. The number of likely N-dealkylation sites (N-methyl/N-ethyl adjacent to an activating group) is 1. The molecule has 23 heavy (non-hydrogen) atoms. The molecule has 0 saturated heterocycles. The minimum absolute atomic E-state index is 0.284. The molecule has 0 radical (unpaired) electrons. The third-order valence-electron chi connectivity index (χ3n) is 3.04. The first-order chi connectivity index (χ1) is 10.9. The van der Waals surface area contributed by atoms with Gasteiger partial charge < -0.3 is 15.5 Å². The predicted molar refractivity (Wildman–Crippen MR) is 93.2 cm³/mol. The van der Waals surface area contributed by atoms with Crippen molar-refractivity contribution in [1.29, 1.82) is 0 Å². The van der Waals surface area contributed by atoms with Gasteiger partial charge in [0.15, 0.2) is 0 Å². The lowest BCUT2D eigenvalue weighted by molar-refractivity contribution is 0.102. The Morgan fingerprint density at radius 2 is 1.91 bits per heavy atom. The van der Waals surface area contributed by atoms with Crippen molar-refractivity contribution in [2.75, 3.05) is 37.8 Å². The number of hydrogen-bond donors (Lipinski definition) is 2. The standard InChI is InChI=1S/C16H20ClN5O/c1-11-19-14(10-15(20-11)18-8-9-22(2)3)16(23)21-13-6-4-12(17)5-7-13/h4-7,10H,8-9H2,1-3H3,(H,21,23)(H,18,19,20). The Bertz CT molecular complexity index is 673. The van der Waals surface area contributed by atoms with Gasteiger partial charge >= 0.3 is 0 Å². The predicted octanol–water partition coefficient (Wildman–Crippen LogP) is 2.66. The van der Waals surface area contributed by atoms with Crippen LogP contribution in [0.15, 0.2) is 30.3 Å². The molecule has 0 spiro atoms. The molecule has 2 aromatic rings. The molecule has 0 fully saturated rings. The Labute approximate surface area is 140 Å². The Morgan fingerprint density at radius 1 is 1.22 bits per heavy atom. The molecule has 0 atom stereocenters. The van der Waals surface area contributed by atoms with E-state index in [1.165, 1.54) is 0 Å². The second kappa shape index (κ2) is 7.89. The van der Waals surface area contributed by atoms with Gasteiger partial charge in [-0.25, -0.2) is 9.97 Å². The van der Waals surface area contributed by atoms with Gasteiger partial charge in [-0.2, -0.15) is 0 Å². The monoisotopic (exact) mass is 333 g/mol. The van der Waals surface area contributed by atoms with Gasteiger partial charge in [-0.1, -0.05) is 11.6 Å². The van der Waals surface area contributed by atoms with Gasteiger partial charge in [-0.3, -0.25) is 4.79 Å². The molecule has 0 bridgehead atoms. The van der Waals surface area contributed by atoms with E-state index >= 15 is 0 Å². The Morgan fingerprint density at radius 3 is 2.57 bits per heavy atom. The van der Waals surface area contributed by atoms with E-state index in [0.29, 0.717) is 28.0 Å². The van der Waals surface area contributed by atoms with Crippen LogP contribution < -0.4 is 10.6 Å². The number of halogens is 1. The molecule has 0 aliphatic carbocycles. The number of nitrogens with zero attached hydrogens (tertiary/aromatic N) is 3. The molecule has 122 valence electrons. The van der Waals surface area contributed by atoms with Crippen LogP contribution in [-0.2, 0) is 0 Å². The number of aromatic nitrogens is 2. The van der Waals surface area contributed by atoms with Gasteiger partial charge in [0.2, 0.25) is 0 Å². The molecule has 1 aromatic heterocycles. The second-order valence-corrected chi connectivity index (χ2v) is 5.81. The maximum atomic E-state index is 12.3. The van der Waals surface area contributed by atoms with Crippen molar-refractivity contribution in [3.05, 3.63) is 46.9 Å². The molecule has 0 unspecified atom stereocenters. The van der Waals surface area contributed by atoms with E-state index in [1.54, 1.807) is 37.3 Å². The molecule has 1 amide bonds. The minimum Gasteiger partial charge on any atom is -0.369 e. The van der Waals surface area contributed by atoms with Crippen molar-refractivity contribution in [2.45, 2.75) is 6.92 Å². The maximum absolute atomic E-state index is 12.3. The Balaban J connectivity index is 2.07. The zero-order chi connectivity index (χ0) is 16.8. The Hall–Kier alpha value is -2.18. The summed E-state index contributed by atoms with van der Waals surface area (Å²) in [5, 5.41) is 6.60.